The van der Waals surface area contributed by atoms with E-state index < -0.39 is 12.1 Å². The predicted octanol–water partition coefficient (Wildman–Crippen LogP) is 2.32. The Kier molecular flexibility index (Phi) is 8.90. The number of rotatable bonds is 4. The number of amides is 1. The molecule has 0 spiro atoms. The molecule has 2 saturated heterocycles. The van der Waals surface area contributed by atoms with Gasteiger partial charge in [0.25, 0.3) is 0 Å². The number of carboxylic acid groups (broad SMARTS) is 1. The number of aliphatic carboxylic acids is 1. The van der Waals surface area contributed by atoms with E-state index in [2.05, 4.69) is 9.80 Å². The molecule has 2 fully saturated rings. The van der Waals surface area contributed by atoms with Crippen molar-refractivity contribution in [2.45, 2.75) is 31.9 Å². The highest BCUT2D eigenvalue weighted by Gasteiger charge is 2.38. The Morgan fingerprint density at radius 3 is 2.25 bits per heavy atom. The summed E-state index contributed by atoms with van der Waals surface area (Å²) >= 11 is 1.64. The van der Waals surface area contributed by atoms with Crippen LogP contribution in [0.1, 0.15) is 25.7 Å². The molecule has 24 heavy (non-hydrogen) atoms. The third kappa shape index (κ3) is 7.74. The third-order valence-corrected chi connectivity index (χ3v) is 4.63. The van der Waals surface area contributed by atoms with E-state index in [-0.39, 0.29) is 0 Å². The predicted molar refractivity (Wildman–Crippen MR) is 87.1 cm³/mol. The van der Waals surface area contributed by atoms with E-state index in [9.17, 15) is 18.0 Å². The smallest absolute Gasteiger partial charge is 0.475 e. The molecule has 1 unspecified atom stereocenters. The summed E-state index contributed by atoms with van der Waals surface area (Å²) in [5.74, 6) is -1.06. The number of hydrogen-bond acceptors (Lipinski definition) is 4. The Labute approximate surface area is 144 Å². The number of carboxylic acids is 1. The van der Waals surface area contributed by atoms with Crippen molar-refractivity contribution >= 4 is 23.6 Å². The van der Waals surface area contributed by atoms with Gasteiger partial charge in [0, 0.05) is 19.6 Å². The minimum Gasteiger partial charge on any atom is -0.475 e. The van der Waals surface area contributed by atoms with Crippen molar-refractivity contribution in [3.63, 3.8) is 0 Å². The van der Waals surface area contributed by atoms with Crippen molar-refractivity contribution in [3.8, 4) is 0 Å². The zero-order valence-corrected chi connectivity index (χ0v) is 14.7. The van der Waals surface area contributed by atoms with Gasteiger partial charge in [0.1, 0.15) is 0 Å². The van der Waals surface area contributed by atoms with E-state index in [1.807, 2.05) is 6.26 Å². The van der Waals surface area contributed by atoms with E-state index >= 15 is 0 Å². The molecule has 2 aliphatic rings. The van der Waals surface area contributed by atoms with Crippen molar-refractivity contribution < 1.29 is 27.9 Å². The molecule has 9 heteroatoms. The van der Waals surface area contributed by atoms with Crippen LogP contribution in [0.4, 0.5) is 13.2 Å². The minimum atomic E-state index is -5.08. The van der Waals surface area contributed by atoms with Crippen molar-refractivity contribution in [1.82, 2.24) is 9.80 Å². The van der Waals surface area contributed by atoms with Crippen LogP contribution in [0.15, 0.2) is 0 Å². The Balaban J connectivity index is 0.000000351. The number of thioether (sulfide) groups is 1. The van der Waals surface area contributed by atoms with Gasteiger partial charge in [0.15, 0.2) is 0 Å². The summed E-state index contributed by atoms with van der Waals surface area (Å²) in [6.07, 6.45) is 2.14. The van der Waals surface area contributed by atoms with Gasteiger partial charge in [-0.25, -0.2) is 4.79 Å². The van der Waals surface area contributed by atoms with E-state index in [4.69, 9.17) is 9.90 Å². The molecule has 1 N–H and O–H groups in total. The van der Waals surface area contributed by atoms with Crippen molar-refractivity contribution in [2.24, 2.45) is 5.92 Å². The fourth-order valence-electron chi connectivity index (χ4n) is 2.99. The van der Waals surface area contributed by atoms with Crippen LogP contribution in [-0.4, -0.2) is 77.7 Å². The van der Waals surface area contributed by atoms with Crippen LogP contribution in [0, 0.1) is 5.92 Å². The van der Waals surface area contributed by atoms with E-state index in [0.717, 1.165) is 13.1 Å². The van der Waals surface area contributed by atoms with Crippen LogP contribution in [0.5, 0.6) is 0 Å². The van der Waals surface area contributed by atoms with E-state index in [1.165, 1.54) is 45.3 Å². The van der Waals surface area contributed by atoms with Crippen molar-refractivity contribution in [2.75, 3.05) is 44.7 Å². The molecule has 1 atom stereocenters. The number of piperidine rings is 1. The van der Waals surface area contributed by atoms with Crippen LogP contribution in [0.2, 0.25) is 0 Å². The summed E-state index contributed by atoms with van der Waals surface area (Å²) in [5.41, 5.74) is 0. The highest BCUT2D eigenvalue weighted by molar-refractivity contribution is 7.99. The second-order valence-electron chi connectivity index (χ2n) is 6.09. The number of carbonyl (C=O) groups excluding carboxylic acids is 1. The molecule has 0 aromatic heterocycles. The van der Waals surface area contributed by atoms with Crippen LogP contribution in [-0.2, 0) is 9.59 Å². The molecule has 2 aliphatic heterocycles. The average molecular weight is 370 g/mol. The van der Waals surface area contributed by atoms with Gasteiger partial charge in [-0.3, -0.25) is 4.79 Å². The molecule has 2 heterocycles. The van der Waals surface area contributed by atoms with E-state index in [1.54, 1.807) is 11.8 Å². The first-order chi connectivity index (χ1) is 11.2. The molecule has 0 aliphatic carbocycles. The maximum Gasteiger partial charge on any atom is 0.490 e. The number of carbonyl (C=O) groups is 2. The maximum atomic E-state index is 11.9. The highest BCUT2D eigenvalue weighted by Crippen LogP contribution is 2.20. The second-order valence-corrected chi connectivity index (χ2v) is 6.96. The van der Waals surface area contributed by atoms with Crippen LogP contribution in [0.25, 0.3) is 0 Å². The molecule has 1 amide bonds. The first-order valence-electron chi connectivity index (χ1n) is 8.03. The molecule has 0 aromatic rings. The molecular formula is C15H25F3N2O3S. The summed E-state index contributed by atoms with van der Waals surface area (Å²) in [7, 11) is 0. The summed E-state index contributed by atoms with van der Waals surface area (Å²) < 4.78 is 31.7. The van der Waals surface area contributed by atoms with Gasteiger partial charge < -0.3 is 14.9 Å². The largest absolute Gasteiger partial charge is 0.490 e. The van der Waals surface area contributed by atoms with Gasteiger partial charge in [0.05, 0.1) is 5.75 Å². The minimum absolute atomic E-state index is 0.337. The van der Waals surface area contributed by atoms with Gasteiger partial charge in [-0.2, -0.15) is 24.9 Å². The molecule has 5 nitrogen and oxygen atoms in total. The van der Waals surface area contributed by atoms with E-state index in [0.29, 0.717) is 17.6 Å². The molecule has 0 aromatic carbocycles. The Bertz CT molecular complexity index is 415. The number of alkyl halides is 3. The lowest BCUT2D eigenvalue weighted by Crippen LogP contribution is -2.44. The van der Waals surface area contributed by atoms with Crippen molar-refractivity contribution in [3.05, 3.63) is 0 Å². The number of halogens is 3. The van der Waals surface area contributed by atoms with Gasteiger partial charge in [-0.05, 0) is 50.9 Å². The van der Waals surface area contributed by atoms with Gasteiger partial charge in [0.2, 0.25) is 5.91 Å². The van der Waals surface area contributed by atoms with Gasteiger partial charge >= 0.3 is 12.1 Å². The first-order valence-corrected chi connectivity index (χ1v) is 9.42. The lowest BCUT2D eigenvalue weighted by atomic mass is 9.97. The van der Waals surface area contributed by atoms with Gasteiger partial charge in [-0.1, -0.05) is 0 Å². The number of hydrogen-bond donors (Lipinski definition) is 1. The fourth-order valence-corrected chi connectivity index (χ4v) is 3.42. The lowest BCUT2D eigenvalue weighted by molar-refractivity contribution is -0.192. The summed E-state index contributed by atoms with van der Waals surface area (Å²) in [4.78, 5) is 25.4. The molecule has 0 bridgehead atoms. The van der Waals surface area contributed by atoms with Crippen LogP contribution < -0.4 is 0 Å². The molecule has 2 rings (SSSR count). The maximum absolute atomic E-state index is 11.9. The number of nitrogens with zero attached hydrogens (tertiary/aromatic N) is 2. The quantitative estimate of drug-likeness (QED) is 0.823. The van der Waals surface area contributed by atoms with Crippen molar-refractivity contribution in [1.29, 1.82) is 0 Å². The monoisotopic (exact) mass is 370 g/mol. The topological polar surface area (TPSA) is 60.9 Å². The third-order valence-electron chi connectivity index (χ3n) is 4.10. The average Bonchev–Trinajstić information content (AvgIpc) is 3.00. The fraction of sp³-hybridized carbons (Fsp3) is 0.867. The summed E-state index contributed by atoms with van der Waals surface area (Å²) in [6.45, 7) is 5.74. The molecule has 0 saturated carbocycles. The van der Waals surface area contributed by atoms with Gasteiger partial charge in [-0.15, -0.1) is 0 Å². The Morgan fingerprint density at radius 2 is 1.75 bits per heavy atom. The highest BCUT2D eigenvalue weighted by atomic mass is 32.2. The molecule has 0 radical (unpaired) electrons. The Hall–Kier alpha value is -0.960. The van der Waals surface area contributed by atoms with Crippen LogP contribution in [0.3, 0.4) is 0 Å². The summed E-state index contributed by atoms with van der Waals surface area (Å²) in [6, 6.07) is 0. The number of likely N-dealkylation sites (tertiary alicyclic amines) is 2. The zero-order chi connectivity index (χ0) is 18.2. The normalized spacial score (nSPS) is 22.0. The second kappa shape index (κ2) is 10.1. The molecule has 140 valence electrons. The zero-order valence-electron chi connectivity index (χ0n) is 13.8. The summed E-state index contributed by atoms with van der Waals surface area (Å²) in [5, 5.41) is 7.12. The van der Waals surface area contributed by atoms with Crippen LogP contribution >= 0.6 is 11.8 Å². The first kappa shape index (κ1) is 21.1. The lowest BCUT2D eigenvalue weighted by Gasteiger charge is -2.34. The standard InChI is InChI=1S/C13H24N2OS.C2HF3O2/c1-17-11-13(16)15-8-4-5-12(10-15)9-14-6-2-3-7-14;3-2(4,5)1(6)7/h12H,2-11H2,1H3;(H,6,7). The molecular weight excluding hydrogens is 345 g/mol. The SMILES string of the molecule is CSCC(=O)N1CCCC(CN2CCCC2)C1.O=C(O)C(F)(F)F. The Morgan fingerprint density at radius 1 is 1.17 bits per heavy atom.